The number of benzene rings is 1. The Labute approximate surface area is 275 Å². The predicted octanol–water partition coefficient (Wildman–Crippen LogP) is 10.7. The second-order valence-corrected chi connectivity index (χ2v) is 14.1. The van der Waals surface area contributed by atoms with Gasteiger partial charge in [-0.05, 0) is 131 Å². The summed E-state index contributed by atoms with van der Waals surface area (Å²) in [4.78, 5) is 24.7. The Kier molecular flexibility index (Phi) is 13.8. The summed E-state index contributed by atoms with van der Waals surface area (Å²) in [7, 11) is 0. The third-order valence-corrected chi connectivity index (χ3v) is 11.0. The number of fused-ring (bicyclic) bond motifs is 5. The Morgan fingerprint density at radius 1 is 0.909 bits per heavy atom. The molecule has 4 rings (SSSR count). The van der Waals surface area contributed by atoms with E-state index >= 15 is 0 Å². The Morgan fingerprint density at radius 2 is 1.64 bits per heavy atom. The first kappa shape index (κ1) is 34.7. The SMILES string of the molecule is CCC=CCC=CCC=CCCCCCCCC(=O)Oc1cc(C)c2c(c1)CC[C@@H]1[C@@H]2CC[C@]2(C)[C@@H](OC(=O)CBr)CC[C@@H]12. The van der Waals surface area contributed by atoms with Gasteiger partial charge in [0.15, 0.2) is 0 Å². The van der Waals surface area contributed by atoms with Gasteiger partial charge in [0.1, 0.15) is 17.2 Å². The van der Waals surface area contributed by atoms with Gasteiger partial charge in [-0.3, -0.25) is 9.59 Å². The molecule has 1 aromatic rings. The van der Waals surface area contributed by atoms with Gasteiger partial charge in [-0.1, -0.05) is 85.5 Å². The first-order valence-electron chi connectivity index (χ1n) is 17.4. The monoisotopic (exact) mass is 666 g/mol. The summed E-state index contributed by atoms with van der Waals surface area (Å²) in [5, 5.41) is 0.268. The van der Waals surface area contributed by atoms with Crippen molar-refractivity contribution in [2.24, 2.45) is 17.3 Å². The molecule has 0 radical (unpaired) electrons. The number of esters is 2. The van der Waals surface area contributed by atoms with Crippen LogP contribution in [0.3, 0.4) is 0 Å². The lowest BCUT2D eigenvalue weighted by molar-refractivity contribution is -0.154. The van der Waals surface area contributed by atoms with Crippen LogP contribution >= 0.6 is 15.9 Å². The molecule has 0 spiro atoms. The molecular formula is C39H55BrO4. The fourth-order valence-electron chi connectivity index (χ4n) is 8.41. The summed E-state index contributed by atoms with van der Waals surface area (Å²) in [6.45, 7) is 6.72. The average Bonchev–Trinajstić information content (AvgIpc) is 3.34. The zero-order valence-electron chi connectivity index (χ0n) is 27.5. The van der Waals surface area contributed by atoms with Gasteiger partial charge in [-0.15, -0.1) is 0 Å². The van der Waals surface area contributed by atoms with Gasteiger partial charge in [-0.2, -0.15) is 0 Å². The highest BCUT2D eigenvalue weighted by atomic mass is 79.9. The lowest BCUT2D eigenvalue weighted by Gasteiger charge is -2.50. The maximum atomic E-state index is 12.7. The number of unbranched alkanes of at least 4 members (excludes halogenated alkanes) is 5. The van der Waals surface area contributed by atoms with Crippen LogP contribution in [0, 0.1) is 24.2 Å². The summed E-state index contributed by atoms with van der Waals surface area (Å²) < 4.78 is 11.8. The van der Waals surface area contributed by atoms with Crippen LogP contribution in [0.15, 0.2) is 48.6 Å². The molecule has 0 N–H and O–H groups in total. The van der Waals surface area contributed by atoms with Gasteiger partial charge in [0, 0.05) is 11.8 Å². The van der Waals surface area contributed by atoms with E-state index in [2.05, 4.69) is 85.3 Å². The van der Waals surface area contributed by atoms with Gasteiger partial charge >= 0.3 is 11.9 Å². The third-order valence-electron chi connectivity index (χ3n) is 10.6. The summed E-state index contributed by atoms with van der Waals surface area (Å²) >= 11 is 3.26. The van der Waals surface area contributed by atoms with E-state index < -0.39 is 0 Å². The molecule has 0 saturated heterocycles. The van der Waals surface area contributed by atoms with Crippen molar-refractivity contribution in [2.45, 2.75) is 136 Å². The summed E-state index contributed by atoms with van der Waals surface area (Å²) in [6, 6.07) is 4.24. The van der Waals surface area contributed by atoms with E-state index in [-0.39, 0.29) is 28.8 Å². The number of alkyl halides is 1. The van der Waals surface area contributed by atoms with Crippen LogP contribution < -0.4 is 4.74 Å². The molecule has 3 aliphatic carbocycles. The van der Waals surface area contributed by atoms with Crippen molar-refractivity contribution in [3.8, 4) is 5.75 Å². The second-order valence-electron chi connectivity index (χ2n) is 13.5. The van der Waals surface area contributed by atoms with Gasteiger partial charge in [-0.25, -0.2) is 0 Å². The first-order chi connectivity index (χ1) is 21.4. The number of halogens is 1. The molecule has 3 aliphatic rings. The molecule has 0 unspecified atom stereocenters. The fraction of sp³-hybridized carbons (Fsp3) is 0.641. The van der Waals surface area contributed by atoms with Crippen LogP contribution in [-0.4, -0.2) is 23.4 Å². The van der Waals surface area contributed by atoms with E-state index in [1.54, 1.807) is 0 Å². The Bertz CT molecular complexity index is 1180. The van der Waals surface area contributed by atoms with Gasteiger partial charge in [0.25, 0.3) is 0 Å². The number of hydrogen-bond acceptors (Lipinski definition) is 4. The maximum Gasteiger partial charge on any atom is 0.316 e. The lowest BCUT2D eigenvalue weighted by Crippen LogP contribution is -2.45. The molecule has 5 heteroatoms. The van der Waals surface area contributed by atoms with Crippen molar-refractivity contribution >= 4 is 27.9 Å². The van der Waals surface area contributed by atoms with Crippen LogP contribution in [0.1, 0.15) is 133 Å². The van der Waals surface area contributed by atoms with Crippen molar-refractivity contribution in [3.05, 3.63) is 65.3 Å². The minimum absolute atomic E-state index is 0.0423. The van der Waals surface area contributed by atoms with Crippen molar-refractivity contribution in [1.29, 1.82) is 0 Å². The van der Waals surface area contributed by atoms with Gasteiger partial charge < -0.3 is 9.47 Å². The quantitative estimate of drug-likeness (QED) is 0.0579. The van der Waals surface area contributed by atoms with Crippen molar-refractivity contribution in [1.82, 2.24) is 0 Å². The molecule has 0 bridgehead atoms. The average molecular weight is 668 g/mol. The molecule has 0 heterocycles. The molecule has 2 saturated carbocycles. The topological polar surface area (TPSA) is 52.6 Å². The summed E-state index contributed by atoms with van der Waals surface area (Å²) in [5.41, 5.74) is 4.21. The van der Waals surface area contributed by atoms with E-state index in [1.165, 1.54) is 36.0 Å². The predicted molar refractivity (Wildman–Crippen MR) is 184 cm³/mol. The van der Waals surface area contributed by atoms with Crippen molar-refractivity contribution in [2.75, 3.05) is 5.33 Å². The zero-order valence-corrected chi connectivity index (χ0v) is 29.0. The van der Waals surface area contributed by atoms with E-state index in [0.717, 1.165) is 77.0 Å². The molecule has 0 aromatic heterocycles. The number of carbonyl (C=O) groups is 2. The van der Waals surface area contributed by atoms with Crippen LogP contribution in [0.4, 0.5) is 0 Å². The Morgan fingerprint density at radius 3 is 2.41 bits per heavy atom. The van der Waals surface area contributed by atoms with Crippen molar-refractivity contribution in [3.63, 3.8) is 0 Å². The molecule has 5 atom stereocenters. The molecule has 1 aromatic carbocycles. The zero-order chi connectivity index (χ0) is 31.4. The van der Waals surface area contributed by atoms with E-state index in [4.69, 9.17) is 9.47 Å². The van der Waals surface area contributed by atoms with E-state index in [1.807, 2.05) is 0 Å². The number of aryl methyl sites for hydroxylation is 2. The molecular weight excluding hydrogens is 612 g/mol. The van der Waals surface area contributed by atoms with Crippen molar-refractivity contribution < 1.29 is 19.1 Å². The number of carbonyl (C=O) groups excluding carboxylic acids is 2. The number of allylic oxidation sites excluding steroid dienone is 6. The minimum Gasteiger partial charge on any atom is -0.461 e. The number of rotatable bonds is 16. The fourth-order valence-corrected chi connectivity index (χ4v) is 8.54. The highest BCUT2D eigenvalue weighted by molar-refractivity contribution is 9.09. The third kappa shape index (κ3) is 9.21. The van der Waals surface area contributed by atoms with Gasteiger partial charge in [0.05, 0.1) is 0 Å². The molecule has 4 nitrogen and oxygen atoms in total. The van der Waals surface area contributed by atoms with Crippen LogP contribution in [0.25, 0.3) is 0 Å². The second kappa shape index (κ2) is 17.5. The normalized spacial score (nSPS) is 26.2. The van der Waals surface area contributed by atoms with Crippen LogP contribution in [0.2, 0.25) is 0 Å². The maximum absolute atomic E-state index is 12.7. The molecule has 44 heavy (non-hydrogen) atoms. The lowest BCUT2D eigenvalue weighted by atomic mass is 9.55. The standard InChI is InChI=1S/C39H55BrO4/c1-4-5-6-7-8-9-10-11-12-13-14-15-16-17-18-19-36(41)43-31-26-29(2)38-30(27-31)20-21-32-33(38)24-25-39(3)34(32)22-23-35(39)44-37(42)28-40/h5-6,8-9,11-12,26-27,32-35H,4,7,10,13-25,28H2,1-3H3/t32-,33+,34+,35+,39+/m1/s1. The molecule has 0 aliphatic heterocycles. The summed E-state index contributed by atoms with van der Waals surface area (Å²) in [6.07, 6.45) is 30.4. The molecule has 2 fully saturated rings. The smallest absolute Gasteiger partial charge is 0.316 e. The Hall–Kier alpha value is -2.14. The van der Waals surface area contributed by atoms with Crippen LogP contribution in [0.5, 0.6) is 5.75 Å². The largest absolute Gasteiger partial charge is 0.461 e. The van der Waals surface area contributed by atoms with E-state index in [0.29, 0.717) is 29.9 Å². The molecule has 0 amide bonds. The first-order valence-corrected chi connectivity index (χ1v) is 18.5. The highest BCUT2D eigenvalue weighted by Gasteiger charge is 2.56. The molecule has 242 valence electrons. The Balaban J connectivity index is 1.16. The van der Waals surface area contributed by atoms with Crippen LogP contribution in [-0.2, 0) is 20.7 Å². The van der Waals surface area contributed by atoms with Gasteiger partial charge in [0.2, 0.25) is 0 Å². The number of hydrogen-bond donors (Lipinski definition) is 0. The minimum atomic E-state index is -0.139. The van der Waals surface area contributed by atoms with E-state index in [9.17, 15) is 9.59 Å². The summed E-state index contributed by atoms with van der Waals surface area (Å²) in [5.74, 6) is 2.26. The highest BCUT2D eigenvalue weighted by Crippen LogP contribution is 2.62. The number of ether oxygens (including phenoxy) is 2.